The first-order valence-electron chi connectivity index (χ1n) is 9.34. The van der Waals surface area contributed by atoms with Crippen molar-refractivity contribution in [2.75, 3.05) is 6.61 Å². The summed E-state index contributed by atoms with van der Waals surface area (Å²) < 4.78 is 15.6. The molecule has 2 atom stereocenters. The highest BCUT2D eigenvalue weighted by Crippen LogP contribution is 2.31. The van der Waals surface area contributed by atoms with E-state index in [-0.39, 0.29) is 17.3 Å². The van der Waals surface area contributed by atoms with Gasteiger partial charge in [-0.25, -0.2) is 4.39 Å². The van der Waals surface area contributed by atoms with Gasteiger partial charge in [0, 0.05) is 18.0 Å². The average molecular weight is 433 g/mol. The van der Waals surface area contributed by atoms with E-state index in [1.165, 1.54) is 6.07 Å². The van der Waals surface area contributed by atoms with E-state index in [1.54, 1.807) is 55.8 Å². The van der Waals surface area contributed by atoms with Crippen molar-refractivity contribution in [3.63, 3.8) is 0 Å². The molecule has 1 aromatic heterocycles. The number of benzene rings is 2. The Morgan fingerprint density at radius 1 is 1.20 bits per heavy atom. The largest absolute Gasteiger partial charge is 0.481 e. The zero-order valence-electron chi connectivity index (χ0n) is 16.7. The number of carboxylic acids is 1. The third-order valence-corrected chi connectivity index (χ3v) is 5.88. The molecule has 0 aliphatic rings. The lowest BCUT2D eigenvalue weighted by atomic mass is 9.98. The third kappa shape index (κ3) is 3.91. The van der Waals surface area contributed by atoms with Crippen molar-refractivity contribution in [3.05, 3.63) is 69.6 Å². The van der Waals surface area contributed by atoms with Crippen LogP contribution in [0.4, 0.5) is 4.39 Å². The Bertz CT molecular complexity index is 1120. The van der Waals surface area contributed by atoms with Crippen molar-refractivity contribution in [2.24, 2.45) is 7.05 Å². The molecule has 8 heteroatoms. The van der Waals surface area contributed by atoms with Gasteiger partial charge in [-0.05, 0) is 37.1 Å². The standard InChI is InChI=1S/C22H22ClFN2O4/c1-11(22(29)30)13-4-6-14(7-5-13)17(10-27)25-21(28)19-8-15-18(26(19)3)9-16(24)12(2)20(15)23/h4-9,11,17,27H,10H2,1-3H3,(H,25,28)(H,29,30)/t11?,17-/m1/s1. The first-order chi connectivity index (χ1) is 14.1. The Labute approximate surface area is 177 Å². The molecule has 3 N–H and O–H groups in total. The first-order valence-corrected chi connectivity index (χ1v) is 9.71. The first kappa shape index (κ1) is 21.8. The highest BCUT2D eigenvalue weighted by molar-refractivity contribution is 6.36. The molecule has 1 heterocycles. The molecule has 158 valence electrons. The molecule has 0 aliphatic heterocycles. The van der Waals surface area contributed by atoms with Gasteiger partial charge in [0.1, 0.15) is 11.5 Å². The maximum absolute atomic E-state index is 14.1. The van der Waals surface area contributed by atoms with Gasteiger partial charge in [-0.3, -0.25) is 9.59 Å². The summed E-state index contributed by atoms with van der Waals surface area (Å²) in [6, 6.07) is 8.89. The van der Waals surface area contributed by atoms with Gasteiger partial charge >= 0.3 is 5.97 Å². The monoisotopic (exact) mass is 432 g/mol. The molecule has 0 aliphatic carbocycles. The van der Waals surface area contributed by atoms with Gasteiger partial charge in [0.05, 0.1) is 29.1 Å². The molecule has 0 saturated carbocycles. The number of amides is 1. The Hall–Kier alpha value is -2.90. The maximum atomic E-state index is 14.1. The normalized spacial score (nSPS) is 13.3. The van der Waals surface area contributed by atoms with Crippen LogP contribution in [0.3, 0.4) is 0 Å². The van der Waals surface area contributed by atoms with E-state index in [4.69, 9.17) is 16.7 Å². The van der Waals surface area contributed by atoms with Gasteiger partial charge in [-0.1, -0.05) is 35.9 Å². The molecular formula is C22H22ClFN2O4. The van der Waals surface area contributed by atoms with Crippen LogP contribution in [0, 0.1) is 12.7 Å². The van der Waals surface area contributed by atoms with Crippen molar-refractivity contribution in [1.29, 1.82) is 0 Å². The van der Waals surface area contributed by atoms with Gasteiger partial charge in [0.25, 0.3) is 5.91 Å². The fourth-order valence-electron chi connectivity index (χ4n) is 3.35. The van der Waals surface area contributed by atoms with Gasteiger partial charge < -0.3 is 20.1 Å². The van der Waals surface area contributed by atoms with Gasteiger partial charge in [0.15, 0.2) is 0 Å². The predicted molar refractivity (Wildman–Crippen MR) is 112 cm³/mol. The summed E-state index contributed by atoms with van der Waals surface area (Å²) in [5.74, 6) is -2.50. The minimum absolute atomic E-state index is 0.251. The number of carbonyl (C=O) groups is 2. The number of nitrogens with zero attached hydrogens (tertiary/aromatic N) is 1. The number of aliphatic hydroxyl groups excluding tert-OH is 1. The number of carboxylic acid groups (broad SMARTS) is 1. The summed E-state index contributed by atoms with van der Waals surface area (Å²) in [5, 5.41) is 22.5. The smallest absolute Gasteiger partial charge is 0.310 e. The van der Waals surface area contributed by atoms with E-state index in [2.05, 4.69) is 5.32 Å². The van der Waals surface area contributed by atoms with E-state index in [9.17, 15) is 19.1 Å². The molecule has 0 fully saturated rings. The second kappa shape index (κ2) is 8.45. The number of rotatable bonds is 6. The second-order valence-electron chi connectivity index (χ2n) is 7.25. The third-order valence-electron chi connectivity index (χ3n) is 5.40. The van der Waals surface area contributed by atoms with E-state index >= 15 is 0 Å². The zero-order valence-corrected chi connectivity index (χ0v) is 17.5. The Balaban J connectivity index is 1.88. The maximum Gasteiger partial charge on any atom is 0.310 e. The molecule has 0 radical (unpaired) electrons. The summed E-state index contributed by atoms with van der Waals surface area (Å²) in [4.78, 5) is 24.0. The summed E-state index contributed by atoms with van der Waals surface area (Å²) in [5.41, 5.74) is 2.32. The number of nitrogens with one attached hydrogen (secondary N) is 1. The molecule has 0 saturated heterocycles. The average Bonchev–Trinajstić information content (AvgIpc) is 3.06. The van der Waals surface area contributed by atoms with Crippen molar-refractivity contribution >= 4 is 34.4 Å². The quantitative estimate of drug-likeness (QED) is 0.550. The van der Waals surface area contributed by atoms with E-state index in [1.807, 2.05) is 0 Å². The Morgan fingerprint density at radius 3 is 2.37 bits per heavy atom. The van der Waals surface area contributed by atoms with Crippen LogP contribution in [-0.4, -0.2) is 33.3 Å². The van der Waals surface area contributed by atoms with Crippen LogP contribution in [0.25, 0.3) is 10.9 Å². The van der Waals surface area contributed by atoms with E-state index in [0.29, 0.717) is 27.6 Å². The number of aliphatic carboxylic acids is 1. The number of hydrogen-bond donors (Lipinski definition) is 3. The minimum atomic E-state index is -0.934. The van der Waals surface area contributed by atoms with Crippen LogP contribution in [-0.2, 0) is 11.8 Å². The fourth-order valence-corrected chi connectivity index (χ4v) is 3.59. The van der Waals surface area contributed by atoms with Crippen molar-refractivity contribution < 1.29 is 24.2 Å². The number of aromatic nitrogens is 1. The Morgan fingerprint density at radius 2 is 1.80 bits per heavy atom. The molecular weight excluding hydrogens is 411 g/mol. The van der Waals surface area contributed by atoms with E-state index < -0.39 is 29.7 Å². The SMILES string of the molecule is Cc1c(F)cc2c(cc(C(=O)N[C@H](CO)c3ccc(C(C)C(=O)O)cc3)n2C)c1Cl. The van der Waals surface area contributed by atoms with Crippen molar-refractivity contribution in [3.8, 4) is 0 Å². The molecule has 3 rings (SSSR count). The number of carbonyl (C=O) groups excluding carboxylic acids is 1. The lowest BCUT2D eigenvalue weighted by molar-refractivity contribution is -0.138. The molecule has 0 bridgehead atoms. The highest BCUT2D eigenvalue weighted by Gasteiger charge is 2.21. The van der Waals surface area contributed by atoms with Crippen LogP contribution in [0.5, 0.6) is 0 Å². The number of halogens is 2. The Kier molecular flexibility index (Phi) is 6.14. The van der Waals surface area contributed by atoms with E-state index in [0.717, 1.165) is 0 Å². The summed E-state index contributed by atoms with van der Waals surface area (Å²) in [6.45, 7) is 2.80. The van der Waals surface area contributed by atoms with Gasteiger partial charge in [-0.2, -0.15) is 0 Å². The molecule has 0 spiro atoms. The number of aliphatic hydroxyl groups is 1. The molecule has 30 heavy (non-hydrogen) atoms. The molecule has 1 unspecified atom stereocenters. The van der Waals surface area contributed by atoms with Crippen LogP contribution in [0.2, 0.25) is 5.02 Å². The van der Waals surface area contributed by atoms with Crippen LogP contribution < -0.4 is 5.32 Å². The summed E-state index contributed by atoms with van der Waals surface area (Å²) >= 11 is 6.25. The van der Waals surface area contributed by atoms with Gasteiger partial charge in [0.2, 0.25) is 0 Å². The van der Waals surface area contributed by atoms with Gasteiger partial charge in [-0.15, -0.1) is 0 Å². The number of fused-ring (bicyclic) bond motifs is 1. The minimum Gasteiger partial charge on any atom is -0.481 e. The van der Waals surface area contributed by atoms with Crippen molar-refractivity contribution in [2.45, 2.75) is 25.8 Å². The number of hydrogen-bond acceptors (Lipinski definition) is 3. The number of aryl methyl sites for hydroxylation is 1. The van der Waals surface area contributed by atoms with Crippen LogP contribution >= 0.6 is 11.6 Å². The van der Waals surface area contributed by atoms with Crippen LogP contribution in [0.1, 0.15) is 46.1 Å². The molecule has 6 nitrogen and oxygen atoms in total. The summed E-state index contributed by atoms with van der Waals surface area (Å²) in [7, 11) is 1.64. The predicted octanol–water partition coefficient (Wildman–Crippen LogP) is 3.93. The molecule has 1 amide bonds. The molecule has 3 aromatic rings. The topological polar surface area (TPSA) is 91.6 Å². The molecule has 2 aromatic carbocycles. The zero-order chi connectivity index (χ0) is 22.2. The van der Waals surface area contributed by atoms with Crippen LogP contribution in [0.15, 0.2) is 36.4 Å². The highest BCUT2D eigenvalue weighted by atomic mass is 35.5. The summed E-state index contributed by atoms with van der Waals surface area (Å²) in [6.07, 6.45) is 0. The van der Waals surface area contributed by atoms with Crippen molar-refractivity contribution in [1.82, 2.24) is 9.88 Å². The lowest BCUT2D eigenvalue weighted by Crippen LogP contribution is -2.32. The lowest BCUT2D eigenvalue weighted by Gasteiger charge is -2.18. The second-order valence-corrected chi connectivity index (χ2v) is 7.63. The fraction of sp³-hybridized carbons (Fsp3) is 0.273.